The van der Waals surface area contributed by atoms with Crippen molar-refractivity contribution in [2.45, 2.75) is 11.3 Å². The fraction of sp³-hybridized carbons (Fsp3) is 0.143. The first-order valence-corrected chi connectivity index (χ1v) is 8.05. The number of nitrogens with two attached hydrogens (primary N) is 1. The molecular formula is C14H14ClFN2O2S. The van der Waals surface area contributed by atoms with Crippen molar-refractivity contribution in [3.8, 4) is 0 Å². The standard InChI is InChI=1S/C14H14ClFN2O2S/c15-11-7-12(16)9-13(8-11)18-21(19,20)14-3-1-10(2-4-14)5-6-17/h1-4,7-9,18H,5-6,17H2. The van der Waals surface area contributed by atoms with Gasteiger partial charge in [-0.1, -0.05) is 23.7 Å². The smallest absolute Gasteiger partial charge is 0.261 e. The fourth-order valence-electron chi connectivity index (χ4n) is 1.83. The molecule has 0 unspecified atom stereocenters. The van der Waals surface area contributed by atoms with Gasteiger partial charge in [0.2, 0.25) is 0 Å². The highest BCUT2D eigenvalue weighted by Gasteiger charge is 2.14. The number of halogens is 2. The molecule has 0 saturated heterocycles. The Hall–Kier alpha value is -1.63. The minimum atomic E-state index is -3.79. The highest BCUT2D eigenvalue weighted by atomic mass is 35.5. The minimum absolute atomic E-state index is 0.0750. The third kappa shape index (κ3) is 4.17. The van der Waals surface area contributed by atoms with Crippen LogP contribution in [0, 0.1) is 5.82 Å². The second-order valence-corrected chi connectivity index (χ2v) is 6.57. The molecular weight excluding hydrogens is 315 g/mol. The Morgan fingerprint density at radius 2 is 1.81 bits per heavy atom. The molecule has 0 aliphatic rings. The number of benzene rings is 2. The lowest BCUT2D eigenvalue weighted by Crippen LogP contribution is -2.13. The topological polar surface area (TPSA) is 72.2 Å². The van der Waals surface area contributed by atoms with Crippen molar-refractivity contribution in [2.75, 3.05) is 11.3 Å². The van der Waals surface area contributed by atoms with Crippen LogP contribution < -0.4 is 10.5 Å². The van der Waals surface area contributed by atoms with Crippen LogP contribution >= 0.6 is 11.6 Å². The Morgan fingerprint density at radius 3 is 2.38 bits per heavy atom. The van der Waals surface area contributed by atoms with Crippen molar-refractivity contribution in [3.63, 3.8) is 0 Å². The molecule has 0 atom stereocenters. The summed E-state index contributed by atoms with van der Waals surface area (Å²) in [4.78, 5) is 0.0867. The maximum atomic E-state index is 13.2. The van der Waals surface area contributed by atoms with E-state index in [0.29, 0.717) is 13.0 Å². The van der Waals surface area contributed by atoms with Crippen molar-refractivity contribution in [2.24, 2.45) is 5.73 Å². The largest absolute Gasteiger partial charge is 0.330 e. The van der Waals surface area contributed by atoms with Crippen molar-refractivity contribution < 1.29 is 12.8 Å². The first kappa shape index (κ1) is 15.8. The molecule has 0 radical (unpaired) electrons. The molecule has 0 aromatic heterocycles. The fourth-order valence-corrected chi connectivity index (χ4v) is 3.09. The maximum absolute atomic E-state index is 13.2. The highest BCUT2D eigenvalue weighted by molar-refractivity contribution is 7.92. The molecule has 0 fully saturated rings. The first-order valence-electron chi connectivity index (χ1n) is 6.18. The molecule has 0 bridgehead atoms. The monoisotopic (exact) mass is 328 g/mol. The van der Waals surface area contributed by atoms with Gasteiger partial charge >= 0.3 is 0 Å². The lowest BCUT2D eigenvalue weighted by Gasteiger charge is -2.09. The number of sulfonamides is 1. The molecule has 2 aromatic rings. The van der Waals surface area contributed by atoms with E-state index < -0.39 is 15.8 Å². The van der Waals surface area contributed by atoms with E-state index in [1.807, 2.05) is 0 Å². The first-order chi connectivity index (χ1) is 9.90. The van der Waals surface area contributed by atoms with Crippen LogP contribution in [-0.4, -0.2) is 15.0 Å². The van der Waals surface area contributed by atoms with Crippen LogP contribution in [0.3, 0.4) is 0 Å². The zero-order chi connectivity index (χ0) is 15.5. The number of rotatable bonds is 5. The van der Waals surface area contributed by atoms with Crippen molar-refractivity contribution in [1.82, 2.24) is 0 Å². The Balaban J connectivity index is 2.25. The van der Waals surface area contributed by atoms with Crippen molar-refractivity contribution in [3.05, 3.63) is 58.9 Å². The Bertz CT molecular complexity index is 713. The predicted octanol–water partition coefficient (Wildman–Crippen LogP) is 2.78. The van der Waals surface area contributed by atoms with Gasteiger partial charge in [0, 0.05) is 5.02 Å². The van der Waals surface area contributed by atoms with E-state index in [1.165, 1.54) is 18.2 Å². The second-order valence-electron chi connectivity index (χ2n) is 4.45. The average Bonchev–Trinajstić information content (AvgIpc) is 2.38. The van der Waals surface area contributed by atoms with Gasteiger partial charge in [-0.15, -0.1) is 0 Å². The Kier molecular flexibility index (Phi) is 4.82. The van der Waals surface area contributed by atoms with E-state index >= 15 is 0 Å². The normalized spacial score (nSPS) is 11.4. The van der Waals surface area contributed by atoms with Crippen LogP contribution in [0.25, 0.3) is 0 Å². The van der Waals surface area contributed by atoms with Gasteiger partial charge in [-0.05, 0) is 48.9 Å². The highest BCUT2D eigenvalue weighted by Crippen LogP contribution is 2.21. The maximum Gasteiger partial charge on any atom is 0.261 e. The van der Waals surface area contributed by atoms with Crippen LogP contribution in [0.1, 0.15) is 5.56 Å². The van der Waals surface area contributed by atoms with E-state index in [-0.39, 0.29) is 15.6 Å². The number of hydrogen-bond acceptors (Lipinski definition) is 3. The molecule has 112 valence electrons. The van der Waals surface area contributed by atoms with E-state index in [4.69, 9.17) is 17.3 Å². The minimum Gasteiger partial charge on any atom is -0.330 e. The molecule has 0 spiro atoms. The van der Waals surface area contributed by atoms with Crippen LogP contribution in [0.5, 0.6) is 0 Å². The number of anilines is 1. The SMILES string of the molecule is NCCc1ccc(S(=O)(=O)Nc2cc(F)cc(Cl)c2)cc1. The summed E-state index contributed by atoms with van der Waals surface area (Å²) in [6, 6.07) is 9.85. The summed E-state index contributed by atoms with van der Waals surface area (Å²) in [5.41, 5.74) is 6.46. The molecule has 7 heteroatoms. The van der Waals surface area contributed by atoms with E-state index in [0.717, 1.165) is 17.7 Å². The molecule has 0 amide bonds. The quantitative estimate of drug-likeness (QED) is 0.886. The number of nitrogens with one attached hydrogen (secondary N) is 1. The summed E-state index contributed by atoms with van der Waals surface area (Å²) >= 11 is 5.69. The molecule has 0 aliphatic carbocycles. The summed E-state index contributed by atoms with van der Waals surface area (Å²) < 4.78 is 39.9. The van der Waals surface area contributed by atoms with Gasteiger partial charge in [0.1, 0.15) is 5.82 Å². The summed E-state index contributed by atoms with van der Waals surface area (Å²) in [6.07, 6.45) is 0.674. The summed E-state index contributed by atoms with van der Waals surface area (Å²) in [6.45, 7) is 0.492. The summed E-state index contributed by atoms with van der Waals surface area (Å²) in [5.74, 6) is -0.613. The van der Waals surface area contributed by atoms with Gasteiger partial charge in [0.25, 0.3) is 10.0 Å². The zero-order valence-corrected chi connectivity index (χ0v) is 12.6. The van der Waals surface area contributed by atoms with E-state index in [1.54, 1.807) is 12.1 Å². The molecule has 21 heavy (non-hydrogen) atoms. The zero-order valence-electron chi connectivity index (χ0n) is 11.0. The predicted molar refractivity (Wildman–Crippen MR) is 81.4 cm³/mol. The van der Waals surface area contributed by atoms with Gasteiger partial charge in [0.05, 0.1) is 10.6 Å². The van der Waals surface area contributed by atoms with E-state index in [9.17, 15) is 12.8 Å². The molecule has 0 saturated carbocycles. The Labute approximate surface area is 127 Å². The number of hydrogen-bond donors (Lipinski definition) is 2. The van der Waals surface area contributed by atoms with Gasteiger partial charge in [-0.2, -0.15) is 0 Å². The van der Waals surface area contributed by atoms with Crippen molar-refractivity contribution in [1.29, 1.82) is 0 Å². The van der Waals surface area contributed by atoms with Crippen LogP contribution in [0.4, 0.5) is 10.1 Å². The van der Waals surface area contributed by atoms with Gasteiger partial charge in [-0.25, -0.2) is 12.8 Å². The van der Waals surface area contributed by atoms with Gasteiger partial charge < -0.3 is 5.73 Å². The van der Waals surface area contributed by atoms with Crippen LogP contribution in [0.2, 0.25) is 5.02 Å². The van der Waals surface area contributed by atoms with Crippen LogP contribution in [0.15, 0.2) is 47.4 Å². The molecule has 0 aliphatic heterocycles. The third-order valence-electron chi connectivity index (χ3n) is 2.78. The van der Waals surface area contributed by atoms with Gasteiger partial charge in [0.15, 0.2) is 0 Å². The van der Waals surface area contributed by atoms with E-state index in [2.05, 4.69) is 4.72 Å². The third-order valence-corrected chi connectivity index (χ3v) is 4.40. The van der Waals surface area contributed by atoms with Gasteiger partial charge in [-0.3, -0.25) is 4.72 Å². The summed E-state index contributed by atoms with van der Waals surface area (Å²) in [7, 11) is -3.79. The second kappa shape index (κ2) is 6.43. The average molecular weight is 329 g/mol. The van der Waals surface area contributed by atoms with Crippen LogP contribution in [-0.2, 0) is 16.4 Å². The lowest BCUT2D eigenvalue weighted by atomic mass is 10.2. The molecule has 4 nitrogen and oxygen atoms in total. The molecule has 2 aromatic carbocycles. The van der Waals surface area contributed by atoms with Crippen molar-refractivity contribution >= 4 is 27.3 Å². The molecule has 0 heterocycles. The Morgan fingerprint density at radius 1 is 1.14 bits per heavy atom. The molecule has 3 N–H and O–H groups in total. The summed E-state index contributed by atoms with van der Waals surface area (Å²) in [5, 5.41) is 0.117. The molecule has 2 rings (SSSR count). The lowest BCUT2D eigenvalue weighted by molar-refractivity contribution is 0.601.